The van der Waals surface area contributed by atoms with Gasteiger partial charge in [-0.15, -0.1) is 0 Å². The van der Waals surface area contributed by atoms with E-state index in [1.165, 1.54) is 12.3 Å². The minimum atomic E-state index is -3.36. The molecule has 1 aromatic heterocycles. The Kier molecular flexibility index (Phi) is 5.17. The average molecular weight is 278 g/mol. The van der Waals surface area contributed by atoms with Crippen LogP contribution in [-0.4, -0.2) is 31.7 Å². The zero-order valence-electron chi connectivity index (χ0n) is 9.77. The normalized spacial score (nSPS) is 11.8. The van der Waals surface area contributed by atoms with E-state index < -0.39 is 10.0 Å². The van der Waals surface area contributed by atoms with Gasteiger partial charge in [-0.1, -0.05) is 25.4 Å². The predicted octanol–water partition coefficient (Wildman–Crippen LogP) is 1.47. The molecule has 0 aromatic carbocycles. The summed E-state index contributed by atoms with van der Waals surface area (Å²) in [5.74, 6) is 0.286. The van der Waals surface area contributed by atoms with Crippen molar-refractivity contribution in [3.63, 3.8) is 0 Å². The Hall–Kier alpha value is -0.850. The van der Waals surface area contributed by atoms with Gasteiger partial charge in [0.25, 0.3) is 0 Å². The first kappa shape index (κ1) is 14.2. The van der Waals surface area contributed by atoms with Crippen LogP contribution in [0.15, 0.2) is 18.3 Å². The number of nitrogens with zero attached hydrogens (tertiary/aromatic N) is 1. The summed E-state index contributed by atoms with van der Waals surface area (Å²) in [5.41, 5.74) is 0. The van der Waals surface area contributed by atoms with Crippen LogP contribution in [0.2, 0.25) is 5.02 Å². The molecule has 1 heterocycles. The number of sulfonamides is 1. The van der Waals surface area contributed by atoms with Crippen molar-refractivity contribution < 1.29 is 8.42 Å². The number of hydrogen-bond acceptors (Lipinski definition) is 4. The fourth-order valence-electron chi connectivity index (χ4n) is 1.13. The molecule has 0 saturated carbocycles. The molecule has 0 atom stereocenters. The lowest BCUT2D eigenvalue weighted by atomic mass is 10.4. The van der Waals surface area contributed by atoms with Gasteiger partial charge in [-0.2, -0.15) is 0 Å². The van der Waals surface area contributed by atoms with E-state index in [0.29, 0.717) is 11.6 Å². The topological polar surface area (TPSA) is 71.1 Å². The smallest absolute Gasteiger partial charge is 0.235 e. The van der Waals surface area contributed by atoms with Crippen LogP contribution in [0.4, 0.5) is 5.82 Å². The number of nitrogens with one attached hydrogen (secondary N) is 2. The summed E-state index contributed by atoms with van der Waals surface area (Å²) >= 11 is 5.65. The molecule has 5 nitrogen and oxygen atoms in total. The van der Waals surface area contributed by atoms with E-state index in [1.54, 1.807) is 6.07 Å². The molecule has 1 rings (SSSR count). The van der Waals surface area contributed by atoms with E-state index >= 15 is 0 Å². The van der Waals surface area contributed by atoms with Gasteiger partial charge in [0.05, 0.1) is 10.8 Å². The Balaban J connectivity index is 2.52. The van der Waals surface area contributed by atoms with Crippen molar-refractivity contribution >= 4 is 27.4 Å². The molecule has 0 unspecified atom stereocenters. The molecule has 7 heteroatoms. The summed E-state index contributed by atoms with van der Waals surface area (Å²) < 4.78 is 25.7. The van der Waals surface area contributed by atoms with E-state index in [9.17, 15) is 8.42 Å². The minimum Gasteiger partial charge on any atom is -0.313 e. The zero-order chi connectivity index (χ0) is 12.9. The molecular formula is C10H16ClN3O2S. The number of pyridine rings is 1. The Morgan fingerprint density at radius 3 is 2.65 bits per heavy atom. The van der Waals surface area contributed by atoms with Crippen molar-refractivity contribution in [3.8, 4) is 0 Å². The average Bonchev–Trinajstić information content (AvgIpc) is 2.20. The molecule has 0 aliphatic carbocycles. The van der Waals surface area contributed by atoms with Gasteiger partial charge < -0.3 is 5.32 Å². The summed E-state index contributed by atoms with van der Waals surface area (Å²) in [6.07, 6.45) is 1.39. The molecule has 1 aromatic rings. The predicted molar refractivity (Wildman–Crippen MR) is 69.8 cm³/mol. The second-order valence-electron chi connectivity index (χ2n) is 3.89. The minimum absolute atomic E-state index is 0.00941. The first-order chi connectivity index (χ1) is 7.89. The van der Waals surface area contributed by atoms with E-state index in [2.05, 4.69) is 15.0 Å². The largest absolute Gasteiger partial charge is 0.313 e. The van der Waals surface area contributed by atoms with E-state index in [0.717, 1.165) is 0 Å². The quantitative estimate of drug-likeness (QED) is 0.826. The van der Waals surface area contributed by atoms with Crippen molar-refractivity contribution in [1.82, 2.24) is 10.3 Å². The maximum atomic E-state index is 11.6. The van der Waals surface area contributed by atoms with Crippen LogP contribution in [-0.2, 0) is 10.0 Å². The SMILES string of the molecule is CC(C)NCCS(=O)(=O)Nc1ccc(Cl)cn1. The first-order valence-electron chi connectivity index (χ1n) is 5.24. The number of halogens is 1. The van der Waals surface area contributed by atoms with Gasteiger partial charge in [0, 0.05) is 18.8 Å². The Labute approximate surface area is 107 Å². The lowest BCUT2D eigenvalue weighted by Gasteiger charge is -2.09. The summed E-state index contributed by atoms with van der Waals surface area (Å²) in [7, 11) is -3.36. The number of hydrogen-bond donors (Lipinski definition) is 2. The van der Waals surface area contributed by atoms with Crippen molar-refractivity contribution in [3.05, 3.63) is 23.4 Å². The third kappa shape index (κ3) is 5.86. The molecule has 0 bridgehead atoms. The highest BCUT2D eigenvalue weighted by atomic mass is 35.5. The Morgan fingerprint density at radius 2 is 2.12 bits per heavy atom. The van der Waals surface area contributed by atoms with Crippen LogP contribution in [0.5, 0.6) is 0 Å². The highest BCUT2D eigenvalue weighted by Crippen LogP contribution is 2.10. The maximum absolute atomic E-state index is 11.6. The lowest BCUT2D eigenvalue weighted by Crippen LogP contribution is -2.31. The van der Waals surface area contributed by atoms with Gasteiger partial charge >= 0.3 is 0 Å². The van der Waals surface area contributed by atoms with E-state index in [-0.39, 0.29) is 17.6 Å². The molecule has 0 fully saturated rings. The fraction of sp³-hybridized carbons (Fsp3) is 0.500. The fourth-order valence-corrected chi connectivity index (χ4v) is 2.17. The summed E-state index contributed by atoms with van der Waals surface area (Å²) in [6.45, 7) is 4.32. The monoisotopic (exact) mass is 277 g/mol. The van der Waals surface area contributed by atoms with Gasteiger partial charge in [0.1, 0.15) is 5.82 Å². The van der Waals surface area contributed by atoms with Crippen LogP contribution in [0.3, 0.4) is 0 Å². The van der Waals surface area contributed by atoms with Crippen LogP contribution in [0.25, 0.3) is 0 Å². The summed E-state index contributed by atoms with van der Waals surface area (Å²) in [4.78, 5) is 3.86. The van der Waals surface area contributed by atoms with E-state index in [1.807, 2.05) is 13.8 Å². The summed E-state index contributed by atoms with van der Waals surface area (Å²) in [6, 6.07) is 3.37. The molecular weight excluding hydrogens is 262 g/mol. The zero-order valence-corrected chi connectivity index (χ0v) is 11.3. The van der Waals surface area contributed by atoms with Gasteiger partial charge in [0.2, 0.25) is 10.0 Å². The van der Waals surface area contributed by atoms with Gasteiger partial charge in [0.15, 0.2) is 0 Å². The van der Waals surface area contributed by atoms with Crippen LogP contribution in [0, 0.1) is 0 Å². The third-order valence-electron chi connectivity index (χ3n) is 1.91. The van der Waals surface area contributed by atoms with Gasteiger partial charge in [-0.05, 0) is 12.1 Å². The number of aromatic nitrogens is 1. The highest BCUT2D eigenvalue weighted by molar-refractivity contribution is 7.92. The molecule has 0 amide bonds. The maximum Gasteiger partial charge on any atom is 0.235 e. The molecule has 0 aliphatic heterocycles. The summed E-state index contributed by atoms with van der Waals surface area (Å²) in [5, 5.41) is 3.50. The second kappa shape index (κ2) is 6.18. The van der Waals surface area contributed by atoms with Crippen LogP contribution < -0.4 is 10.0 Å². The van der Waals surface area contributed by atoms with Gasteiger partial charge in [-0.3, -0.25) is 4.72 Å². The molecule has 17 heavy (non-hydrogen) atoms. The second-order valence-corrected chi connectivity index (χ2v) is 6.17. The van der Waals surface area contributed by atoms with Crippen molar-refractivity contribution in [2.45, 2.75) is 19.9 Å². The molecule has 0 radical (unpaired) electrons. The third-order valence-corrected chi connectivity index (χ3v) is 3.40. The first-order valence-corrected chi connectivity index (χ1v) is 7.27. The molecule has 96 valence electrons. The highest BCUT2D eigenvalue weighted by Gasteiger charge is 2.10. The molecule has 2 N–H and O–H groups in total. The lowest BCUT2D eigenvalue weighted by molar-refractivity contribution is 0.582. The Morgan fingerprint density at radius 1 is 1.41 bits per heavy atom. The number of anilines is 1. The van der Waals surface area contributed by atoms with E-state index in [4.69, 9.17) is 11.6 Å². The number of rotatable bonds is 6. The van der Waals surface area contributed by atoms with Crippen LogP contribution >= 0.6 is 11.6 Å². The van der Waals surface area contributed by atoms with Gasteiger partial charge in [-0.25, -0.2) is 13.4 Å². The molecule has 0 saturated heterocycles. The molecule has 0 spiro atoms. The Bertz CT molecular complexity index is 445. The van der Waals surface area contributed by atoms with Crippen molar-refractivity contribution in [2.24, 2.45) is 0 Å². The van der Waals surface area contributed by atoms with Crippen molar-refractivity contribution in [1.29, 1.82) is 0 Å². The van der Waals surface area contributed by atoms with Crippen molar-refractivity contribution in [2.75, 3.05) is 17.0 Å². The molecule has 0 aliphatic rings. The van der Waals surface area contributed by atoms with Crippen LogP contribution in [0.1, 0.15) is 13.8 Å². The standard InChI is InChI=1S/C10H16ClN3O2S/c1-8(2)12-5-6-17(15,16)14-10-4-3-9(11)7-13-10/h3-4,7-8,12H,5-6H2,1-2H3,(H,13,14).